The molecule has 0 saturated carbocycles. The van der Waals surface area contributed by atoms with Crippen LogP contribution in [0.3, 0.4) is 0 Å². The smallest absolute Gasteiger partial charge is 0.257 e. The van der Waals surface area contributed by atoms with E-state index >= 15 is 0 Å². The third kappa shape index (κ3) is 3.73. The highest BCUT2D eigenvalue weighted by Gasteiger charge is 2.29. The fourth-order valence-corrected chi connectivity index (χ4v) is 2.75. The molecule has 1 aromatic rings. The van der Waals surface area contributed by atoms with Crippen LogP contribution in [0, 0.1) is 0 Å². The first-order chi connectivity index (χ1) is 9.78. The molecule has 2 fully saturated rings. The molecule has 120 valence electrons. The largest absolute Gasteiger partial charge is 0.366 e. The topological polar surface area (TPSA) is 66.7 Å². The number of halogens is 1. The van der Waals surface area contributed by atoms with E-state index in [0.717, 1.165) is 51.7 Å². The first-order valence-corrected chi connectivity index (χ1v) is 7.36. The number of hydrogen-bond donors (Lipinski definition) is 1. The minimum atomic E-state index is -0.0909. The van der Waals surface area contributed by atoms with Crippen molar-refractivity contribution in [2.24, 2.45) is 0 Å². The van der Waals surface area contributed by atoms with E-state index in [4.69, 9.17) is 9.26 Å². The van der Waals surface area contributed by atoms with Gasteiger partial charge in [-0.3, -0.25) is 9.80 Å². The number of nitrogens with one attached hydrogen (secondary N) is 1. The zero-order valence-electron chi connectivity index (χ0n) is 12.6. The molecule has 2 unspecified atom stereocenters. The predicted molar refractivity (Wildman–Crippen MR) is 80.6 cm³/mol. The van der Waals surface area contributed by atoms with Crippen LogP contribution in [0.1, 0.15) is 30.8 Å². The Hall–Kier alpha value is -0.730. The van der Waals surface area contributed by atoms with Crippen molar-refractivity contribution in [3.05, 3.63) is 11.7 Å². The first-order valence-electron chi connectivity index (χ1n) is 7.36. The molecule has 8 heteroatoms. The van der Waals surface area contributed by atoms with Crippen LogP contribution in [-0.4, -0.2) is 72.9 Å². The van der Waals surface area contributed by atoms with E-state index in [1.807, 2.05) is 0 Å². The third-order valence-electron chi connectivity index (χ3n) is 4.14. The molecule has 0 aliphatic carbocycles. The second-order valence-corrected chi connectivity index (χ2v) is 5.44. The Morgan fingerprint density at radius 3 is 3.00 bits per heavy atom. The lowest BCUT2D eigenvalue weighted by Gasteiger charge is -2.31. The Bertz CT molecular complexity index is 444. The first kappa shape index (κ1) is 16.6. The van der Waals surface area contributed by atoms with Crippen LogP contribution < -0.4 is 5.32 Å². The number of ether oxygens (including phenoxy) is 1. The molecule has 0 amide bonds. The fourth-order valence-electron chi connectivity index (χ4n) is 2.75. The van der Waals surface area contributed by atoms with Crippen LogP contribution in [0.15, 0.2) is 4.52 Å². The van der Waals surface area contributed by atoms with Gasteiger partial charge in [0.25, 0.3) is 5.89 Å². The Kier molecular flexibility index (Phi) is 5.95. The molecule has 0 aromatic carbocycles. The van der Waals surface area contributed by atoms with Gasteiger partial charge in [0.1, 0.15) is 6.10 Å². The van der Waals surface area contributed by atoms with Crippen molar-refractivity contribution in [2.75, 3.05) is 52.9 Å². The molecule has 3 heterocycles. The summed E-state index contributed by atoms with van der Waals surface area (Å²) in [5.74, 6) is 1.36. The van der Waals surface area contributed by atoms with Gasteiger partial charge in [-0.1, -0.05) is 12.1 Å². The van der Waals surface area contributed by atoms with Gasteiger partial charge >= 0.3 is 0 Å². The van der Waals surface area contributed by atoms with Gasteiger partial charge in [-0.25, -0.2) is 0 Å². The summed E-state index contributed by atoms with van der Waals surface area (Å²) in [4.78, 5) is 9.16. The minimum absolute atomic E-state index is 0. The van der Waals surface area contributed by atoms with Crippen LogP contribution in [0.2, 0.25) is 0 Å². The highest BCUT2D eigenvalue weighted by atomic mass is 35.5. The summed E-state index contributed by atoms with van der Waals surface area (Å²) in [6, 6.07) is 0.187. The summed E-state index contributed by atoms with van der Waals surface area (Å²) >= 11 is 0. The molecule has 3 rings (SSSR count). The molecule has 1 aromatic heterocycles. The number of rotatable bonds is 3. The molecule has 2 aliphatic heterocycles. The van der Waals surface area contributed by atoms with Crippen molar-refractivity contribution in [3.63, 3.8) is 0 Å². The van der Waals surface area contributed by atoms with Gasteiger partial charge < -0.3 is 14.6 Å². The van der Waals surface area contributed by atoms with Crippen molar-refractivity contribution in [2.45, 2.75) is 19.1 Å². The van der Waals surface area contributed by atoms with Gasteiger partial charge in [-0.15, -0.1) is 12.4 Å². The van der Waals surface area contributed by atoms with E-state index in [9.17, 15) is 0 Å². The maximum atomic E-state index is 5.76. The highest BCUT2D eigenvalue weighted by Crippen LogP contribution is 2.24. The van der Waals surface area contributed by atoms with Crippen molar-refractivity contribution >= 4 is 12.4 Å². The SMILES string of the molecule is CCN1CCOC(c2nc(C3CNCCN3C)no2)C1.Cl. The third-order valence-corrected chi connectivity index (χ3v) is 4.14. The molecule has 2 aliphatic rings. The van der Waals surface area contributed by atoms with Crippen LogP contribution >= 0.6 is 12.4 Å². The summed E-state index contributed by atoms with van der Waals surface area (Å²) in [7, 11) is 2.09. The average molecular weight is 318 g/mol. The lowest BCUT2D eigenvalue weighted by Crippen LogP contribution is -2.44. The summed E-state index contributed by atoms with van der Waals surface area (Å²) in [5, 5.41) is 7.52. The van der Waals surface area contributed by atoms with Crippen molar-refractivity contribution in [1.29, 1.82) is 0 Å². The van der Waals surface area contributed by atoms with Crippen molar-refractivity contribution < 1.29 is 9.26 Å². The lowest BCUT2D eigenvalue weighted by atomic mass is 10.2. The minimum Gasteiger partial charge on any atom is -0.366 e. The van der Waals surface area contributed by atoms with E-state index in [1.54, 1.807) is 0 Å². The number of nitrogens with zero attached hydrogens (tertiary/aromatic N) is 4. The second-order valence-electron chi connectivity index (χ2n) is 5.44. The molecular formula is C13H24ClN5O2. The van der Waals surface area contributed by atoms with Crippen LogP contribution in [-0.2, 0) is 4.74 Å². The Labute approximate surface area is 131 Å². The summed E-state index contributed by atoms with van der Waals surface area (Å²) in [6.45, 7) is 8.58. The van der Waals surface area contributed by atoms with Gasteiger partial charge in [0.05, 0.1) is 12.6 Å². The molecule has 7 nitrogen and oxygen atoms in total. The Balaban J connectivity index is 0.00000161. The molecule has 1 N–H and O–H groups in total. The maximum absolute atomic E-state index is 5.76. The van der Waals surface area contributed by atoms with E-state index < -0.39 is 0 Å². The Morgan fingerprint density at radius 1 is 1.38 bits per heavy atom. The van der Waals surface area contributed by atoms with Crippen LogP contribution in [0.4, 0.5) is 0 Å². The van der Waals surface area contributed by atoms with Crippen LogP contribution in [0.5, 0.6) is 0 Å². The molecule has 2 atom stereocenters. The van der Waals surface area contributed by atoms with Gasteiger partial charge in [-0.05, 0) is 13.6 Å². The zero-order chi connectivity index (χ0) is 13.9. The molecule has 0 spiro atoms. The molecular weight excluding hydrogens is 294 g/mol. The normalized spacial score (nSPS) is 28.3. The number of morpholine rings is 1. The van der Waals surface area contributed by atoms with Gasteiger partial charge in [0.15, 0.2) is 5.82 Å². The monoisotopic (exact) mass is 317 g/mol. The zero-order valence-corrected chi connectivity index (χ0v) is 13.4. The summed E-state index contributed by atoms with van der Waals surface area (Å²) in [6.07, 6.45) is -0.0909. The molecule has 0 bridgehead atoms. The van der Waals surface area contributed by atoms with Gasteiger partial charge in [0.2, 0.25) is 0 Å². The van der Waals surface area contributed by atoms with Crippen molar-refractivity contribution in [3.8, 4) is 0 Å². The molecule has 2 saturated heterocycles. The summed E-state index contributed by atoms with van der Waals surface area (Å²) < 4.78 is 11.2. The quantitative estimate of drug-likeness (QED) is 0.868. The highest BCUT2D eigenvalue weighted by molar-refractivity contribution is 5.85. The molecule has 0 radical (unpaired) electrons. The van der Waals surface area contributed by atoms with E-state index in [0.29, 0.717) is 5.89 Å². The lowest BCUT2D eigenvalue weighted by molar-refractivity contribution is -0.0431. The number of hydrogen-bond acceptors (Lipinski definition) is 7. The Morgan fingerprint density at radius 2 is 2.24 bits per heavy atom. The van der Waals surface area contributed by atoms with Gasteiger partial charge in [-0.2, -0.15) is 4.98 Å². The standard InChI is InChI=1S/C13H23N5O2.ClH/c1-3-18-6-7-19-11(9-18)13-15-12(16-20-13)10-8-14-4-5-17(10)2;/h10-11,14H,3-9H2,1-2H3;1H. The second kappa shape index (κ2) is 7.51. The predicted octanol–water partition coefficient (Wildman–Crippen LogP) is 0.461. The van der Waals surface area contributed by atoms with Crippen LogP contribution in [0.25, 0.3) is 0 Å². The summed E-state index contributed by atoms with van der Waals surface area (Å²) in [5.41, 5.74) is 0. The van der Waals surface area contributed by atoms with E-state index in [-0.39, 0.29) is 24.6 Å². The number of likely N-dealkylation sites (N-methyl/N-ethyl adjacent to an activating group) is 2. The number of piperazine rings is 1. The van der Waals surface area contributed by atoms with E-state index in [2.05, 4.69) is 39.2 Å². The number of aromatic nitrogens is 2. The van der Waals surface area contributed by atoms with E-state index in [1.165, 1.54) is 0 Å². The van der Waals surface area contributed by atoms with Gasteiger partial charge in [0, 0.05) is 32.7 Å². The average Bonchev–Trinajstić information content (AvgIpc) is 2.97. The van der Waals surface area contributed by atoms with Crippen molar-refractivity contribution in [1.82, 2.24) is 25.3 Å². The maximum Gasteiger partial charge on any atom is 0.257 e. The molecule has 21 heavy (non-hydrogen) atoms. The fraction of sp³-hybridized carbons (Fsp3) is 0.846.